The zero-order valence-electron chi connectivity index (χ0n) is 12.9. The number of rotatable bonds is 5. The SMILES string of the molecule is CCOc1ccc(Nc2oc(-c3ccc(F)cc3)nc2C#N)cc1. The Kier molecular flexibility index (Phi) is 4.43. The van der Waals surface area contributed by atoms with Gasteiger partial charge in [-0.15, -0.1) is 0 Å². The van der Waals surface area contributed by atoms with Crippen LogP contribution in [0, 0.1) is 17.1 Å². The number of aromatic nitrogens is 1. The third-order valence-corrected chi connectivity index (χ3v) is 3.25. The first-order chi connectivity index (χ1) is 11.7. The summed E-state index contributed by atoms with van der Waals surface area (Å²) in [7, 11) is 0. The molecule has 3 rings (SSSR count). The number of anilines is 2. The van der Waals surface area contributed by atoms with Crippen molar-refractivity contribution < 1.29 is 13.5 Å². The maximum absolute atomic E-state index is 13.0. The van der Waals surface area contributed by atoms with E-state index >= 15 is 0 Å². The van der Waals surface area contributed by atoms with Crippen molar-refractivity contribution in [2.75, 3.05) is 11.9 Å². The molecule has 5 nitrogen and oxygen atoms in total. The van der Waals surface area contributed by atoms with E-state index in [0.717, 1.165) is 11.4 Å². The summed E-state index contributed by atoms with van der Waals surface area (Å²) in [5, 5.41) is 12.2. The van der Waals surface area contributed by atoms with Gasteiger partial charge in [-0.3, -0.25) is 0 Å². The van der Waals surface area contributed by atoms with Gasteiger partial charge in [0.15, 0.2) is 0 Å². The quantitative estimate of drug-likeness (QED) is 0.749. The van der Waals surface area contributed by atoms with Gasteiger partial charge in [-0.05, 0) is 55.5 Å². The molecule has 120 valence electrons. The highest BCUT2D eigenvalue weighted by atomic mass is 19.1. The van der Waals surface area contributed by atoms with Crippen LogP contribution in [0.25, 0.3) is 11.5 Å². The number of halogens is 1. The van der Waals surface area contributed by atoms with Gasteiger partial charge in [0.1, 0.15) is 17.6 Å². The Bertz CT molecular complexity index is 865. The number of benzene rings is 2. The molecule has 1 N–H and O–H groups in total. The molecule has 0 radical (unpaired) electrons. The Morgan fingerprint density at radius 2 is 1.88 bits per heavy atom. The van der Waals surface area contributed by atoms with E-state index in [1.54, 1.807) is 12.1 Å². The first kappa shape index (κ1) is 15.6. The van der Waals surface area contributed by atoms with Crippen molar-refractivity contribution in [1.29, 1.82) is 5.26 Å². The summed E-state index contributed by atoms with van der Waals surface area (Å²) in [5.41, 5.74) is 1.45. The summed E-state index contributed by atoms with van der Waals surface area (Å²) in [4.78, 5) is 4.13. The molecule has 6 heteroatoms. The van der Waals surface area contributed by atoms with Gasteiger partial charge < -0.3 is 14.5 Å². The molecule has 0 unspecified atom stereocenters. The van der Waals surface area contributed by atoms with Gasteiger partial charge in [0.2, 0.25) is 17.5 Å². The van der Waals surface area contributed by atoms with E-state index < -0.39 is 0 Å². The number of oxazole rings is 1. The molecule has 1 aromatic heterocycles. The molecule has 0 aliphatic heterocycles. The molecule has 0 bridgehead atoms. The maximum Gasteiger partial charge on any atom is 0.236 e. The maximum atomic E-state index is 13.0. The minimum Gasteiger partial charge on any atom is -0.494 e. The van der Waals surface area contributed by atoms with E-state index in [9.17, 15) is 9.65 Å². The van der Waals surface area contributed by atoms with E-state index in [1.165, 1.54) is 12.1 Å². The summed E-state index contributed by atoms with van der Waals surface area (Å²) in [6, 6.07) is 14.9. The van der Waals surface area contributed by atoms with Crippen LogP contribution in [0.2, 0.25) is 0 Å². The topological polar surface area (TPSA) is 71.1 Å². The molecular weight excluding hydrogens is 309 g/mol. The highest BCUT2D eigenvalue weighted by Crippen LogP contribution is 2.28. The van der Waals surface area contributed by atoms with Gasteiger partial charge in [-0.25, -0.2) is 4.39 Å². The van der Waals surface area contributed by atoms with Crippen LogP contribution in [-0.4, -0.2) is 11.6 Å². The molecule has 0 spiro atoms. The first-order valence-corrected chi connectivity index (χ1v) is 7.36. The van der Waals surface area contributed by atoms with Crippen molar-refractivity contribution in [1.82, 2.24) is 4.98 Å². The summed E-state index contributed by atoms with van der Waals surface area (Å²) in [5.74, 6) is 0.896. The summed E-state index contributed by atoms with van der Waals surface area (Å²) in [6.45, 7) is 2.51. The largest absolute Gasteiger partial charge is 0.494 e. The third kappa shape index (κ3) is 3.36. The predicted octanol–water partition coefficient (Wildman–Crippen LogP) is 4.49. The van der Waals surface area contributed by atoms with Gasteiger partial charge >= 0.3 is 0 Å². The second-order valence-corrected chi connectivity index (χ2v) is 4.90. The minimum atomic E-state index is -0.349. The van der Waals surface area contributed by atoms with Crippen LogP contribution >= 0.6 is 0 Å². The highest BCUT2D eigenvalue weighted by molar-refractivity contribution is 5.64. The molecule has 3 aromatic rings. The summed E-state index contributed by atoms with van der Waals surface area (Å²) < 4.78 is 24.0. The Labute approximate surface area is 138 Å². The lowest BCUT2D eigenvalue weighted by atomic mass is 10.2. The van der Waals surface area contributed by atoms with Crippen LogP contribution in [0.4, 0.5) is 16.0 Å². The van der Waals surface area contributed by atoms with Crippen LogP contribution < -0.4 is 10.1 Å². The van der Waals surface area contributed by atoms with Gasteiger partial charge in [0.05, 0.1) is 6.61 Å². The van der Waals surface area contributed by atoms with Crippen LogP contribution in [0.1, 0.15) is 12.6 Å². The van der Waals surface area contributed by atoms with Gasteiger partial charge in [-0.2, -0.15) is 10.2 Å². The van der Waals surface area contributed by atoms with Gasteiger partial charge in [-0.1, -0.05) is 0 Å². The van der Waals surface area contributed by atoms with Crippen molar-refractivity contribution in [2.45, 2.75) is 6.92 Å². The number of hydrogen-bond acceptors (Lipinski definition) is 5. The van der Waals surface area contributed by atoms with Gasteiger partial charge in [0.25, 0.3) is 0 Å². The van der Waals surface area contributed by atoms with E-state index in [0.29, 0.717) is 12.2 Å². The van der Waals surface area contributed by atoms with Gasteiger partial charge in [0, 0.05) is 11.3 Å². The summed E-state index contributed by atoms with van der Waals surface area (Å²) in [6.07, 6.45) is 0. The molecule has 2 aromatic carbocycles. The zero-order valence-corrected chi connectivity index (χ0v) is 12.9. The lowest BCUT2D eigenvalue weighted by Crippen LogP contribution is -1.93. The molecule has 1 heterocycles. The average Bonchev–Trinajstić information content (AvgIpc) is 3.00. The standard InChI is InChI=1S/C18H14FN3O2/c1-2-23-15-9-7-14(8-10-15)21-18-16(11-20)22-17(24-18)12-3-5-13(19)6-4-12/h3-10,21H,2H2,1H3. The molecule has 24 heavy (non-hydrogen) atoms. The molecule has 0 amide bonds. The van der Waals surface area contributed by atoms with Crippen molar-refractivity contribution in [2.24, 2.45) is 0 Å². The lowest BCUT2D eigenvalue weighted by molar-refractivity contribution is 0.340. The number of hydrogen-bond donors (Lipinski definition) is 1. The fourth-order valence-corrected chi connectivity index (χ4v) is 2.13. The minimum absolute atomic E-state index is 0.128. The van der Waals surface area contributed by atoms with Crippen molar-refractivity contribution in [3.8, 4) is 23.3 Å². The van der Waals surface area contributed by atoms with Crippen LogP contribution in [0.15, 0.2) is 52.9 Å². The van der Waals surface area contributed by atoms with Crippen molar-refractivity contribution in [3.63, 3.8) is 0 Å². The van der Waals surface area contributed by atoms with E-state index in [4.69, 9.17) is 9.15 Å². The van der Waals surface area contributed by atoms with E-state index in [1.807, 2.05) is 37.3 Å². The molecule has 0 aliphatic rings. The smallest absolute Gasteiger partial charge is 0.236 e. The molecule has 0 saturated heterocycles. The normalized spacial score (nSPS) is 10.2. The van der Waals surface area contributed by atoms with Crippen molar-refractivity contribution >= 4 is 11.6 Å². The molecule has 0 saturated carbocycles. The Balaban J connectivity index is 1.85. The predicted molar refractivity (Wildman–Crippen MR) is 87.5 cm³/mol. The Morgan fingerprint density at radius 1 is 1.17 bits per heavy atom. The second-order valence-electron chi connectivity index (χ2n) is 4.90. The molecule has 0 atom stereocenters. The zero-order chi connectivity index (χ0) is 16.9. The third-order valence-electron chi connectivity index (χ3n) is 3.25. The van der Waals surface area contributed by atoms with Crippen LogP contribution in [0.3, 0.4) is 0 Å². The number of nitrogens with one attached hydrogen (secondary N) is 1. The monoisotopic (exact) mass is 323 g/mol. The Morgan fingerprint density at radius 3 is 2.50 bits per heavy atom. The number of nitriles is 1. The highest BCUT2D eigenvalue weighted by Gasteiger charge is 2.15. The molecule has 0 aliphatic carbocycles. The fraction of sp³-hybridized carbons (Fsp3) is 0.111. The van der Waals surface area contributed by atoms with Crippen LogP contribution in [-0.2, 0) is 0 Å². The summed E-state index contributed by atoms with van der Waals surface area (Å²) >= 11 is 0. The number of ether oxygens (including phenoxy) is 1. The first-order valence-electron chi connectivity index (χ1n) is 7.36. The second kappa shape index (κ2) is 6.84. The molecular formula is C18H14FN3O2. The lowest BCUT2D eigenvalue weighted by Gasteiger charge is -2.05. The Hall–Kier alpha value is -3.33. The fourth-order valence-electron chi connectivity index (χ4n) is 2.13. The van der Waals surface area contributed by atoms with E-state index in [-0.39, 0.29) is 23.3 Å². The number of nitrogens with zero attached hydrogens (tertiary/aromatic N) is 2. The van der Waals surface area contributed by atoms with Crippen LogP contribution in [0.5, 0.6) is 5.75 Å². The average molecular weight is 323 g/mol. The molecule has 0 fully saturated rings. The van der Waals surface area contributed by atoms with E-state index in [2.05, 4.69) is 10.3 Å². The van der Waals surface area contributed by atoms with Crippen molar-refractivity contribution in [3.05, 3.63) is 60.0 Å².